The van der Waals surface area contributed by atoms with E-state index in [1.807, 2.05) is 0 Å². The minimum atomic E-state index is -1.19. The number of anilines is 1. The number of carboxylic acid groups (broad SMARTS) is 1. The van der Waals surface area contributed by atoms with Crippen LogP contribution < -0.4 is 62.2 Å². The van der Waals surface area contributed by atoms with Gasteiger partial charge in [0.05, 0.1) is 11.5 Å². The Labute approximate surface area is 129 Å². The van der Waals surface area contributed by atoms with Gasteiger partial charge in [0, 0.05) is 5.39 Å². The molecule has 2 aromatic rings. The third-order valence-electron chi connectivity index (χ3n) is 1.95. The molecule has 0 bridgehead atoms. The quantitative estimate of drug-likeness (QED) is 0.532. The minimum Gasteiger partial charge on any atom is -0.545 e. The number of pyridine rings is 1. The van der Waals surface area contributed by atoms with Crippen molar-refractivity contribution in [3.05, 3.63) is 35.9 Å². The molecule has 0 amide bonds. The van der Waals surface area contributed by atoms with Crippen LogP contribution >= 0.6 is 0 Å². The van der Waals surface area contributed by atoms with E-state index < -0.39 is 5.97 Å². The van der Waals surface area contributed by atoms with Crippen LogP contribution in [0.1, 0.15) is 10.4 Å². The molecule has 1 heterocycles. The molecule has 1 aromatic heterocycles. The van der Waals surface area contributed by atoms with Crippen LogP contribution in [0, 0.1) is 0 Å². The van der Waals surface area contributed by atoms with Crippen molar-refractivity contribution in [2.24, 2.45) is 0 Å². The number of carbonyl (C=O) groups excluding carboxylic acids is 1. The first kappa shape index (κ1) is 12.6. The summed E-state index contributed by atoms with van der Waals surface area (Å²) in [5.41, 5.74) is 6.30. The van der Waals surface area contributed by atoms with Crippen molar-refractivity contribution in [3.8, 4) is 0 Å². The fourth-order valence-corrected chi connectivity index (χ4v) is 1.27. The number of rotatable bonds is 1. The van der Waals surface area contributed by atoms with Crippen LogP contribution in [-0.2, 0) is 0 Å². The Hall–Kier alpha value is -0.464. The van der Waals surface area contributed by atoms with E-state index in [4.69, 9.17) is 5.73 Å². The van der Waals surface area contributed by atoms with Crippen molar-refractivity contribution < 1.29 is 61.3 Å². The van der Waals surface area contributed by atoms with Crippen LogP contribution in [0.4, 0.5) is 5.82 Å². The maximum absolute atomic E-state index is 10.6. The molecule has 0 fully saturated rings. The van der Waals surface area contributed by atoms with Gasteiger partial charge in [-0.05, 0) is 29.8 Å². The fourth-order valence-electron chi connectivity index (χ4n) is 1.27. The van der Waals surface area contributed by atoms with Crippen LogP contribution in [0.3, 0.4) is 0 Å². The third kappa shape index (κ3) is 2.76. The molecule has 0 saturated heterocycles. The summed E-state index contributed by atoms with van der Waals surface area (Å²) >= 11 is 0. The summed E-state index contributed by atoms with van der Waals surface area (Å²) in [6.45, 7) is 0. The van der Waals surface area contributed by atoms with E-state index in [9.17, 15) is 9.90 Å². The number of benzene rings is 1. The first-order chi connectivity index (χ1) is 6.66. The largest absolute Gasteiger partial charge is 1.00 e. The number of hydrogen-bond donors (Lipinski definition) is 1. The van der Waals surface area contributed by atoms with Crippen molar-refractivity contribution in [3.63, 3.8) is 0 Å². The summed E-state index contributed by atoms with van der Waals surface area (Å²) < 4.78 is 0. The Kier molecular flexibility index (Phi) is 4.24. The van der Waals surface area contributed by atoms with E-state index in [0.717, 1.165) is 5.39 Å². The van der Waals surface area contributed by atoms with Crippen molar-refractivity contribution in [1.82, 2.24) is 4.98 Å². The predicted octanol–water partition coefficient (Wildman–Crippen LogP) is -2.82. The van der Waals surface area contributed by atoms with Crippen molar-refractivity contribution >= 4 is 22.7 Å². The average Bonchev–Trinajstić information content (AvgIpc) is 2.16. The normalized spacial score (nSPS) is 9.60. The molecule has 0 aliphatic rings. The van der Waals surface area contributed by atoms with E-state index in [1.54, 1.807) is 18.2 Å². The Morgan fingerprint density at radius 3 is 2.67 bits per heavy atom. The monoisotopic (exact) mass is 226 g/mol. The second-order valence-electron chi connectivity index (χ2n) is 2.93. The molecular weight excluding hydrogens is 219 g/mol. The smallest absolute Gasteiger partial charge is 0.545 e. The summed E-state index contributed by atoms with van der Waals surface area (Å²) in [6.07, 6.45) is 0. The number of nitrogens with zero attached hydrogens (tertiary/aromatic N) is 1. The molecule has 0 unspecified atom stereocenters. The molecule has 0 radical (unpaired) electrons. The van der Waals surface area contributed by atoms with Gasteiger partial charge in [-0.2, -0.15) is 0 Å². The molecular formula is C10H7KN2O2. The second kappa shape index (κ2) is 5.04. The van der Waals surface area contributed by atoms with Gasteiger partial charge in [-0.15, -0.1) is 0 Å². The van der Waals surface area contributed by atoms with E-state index in [0.29, 0.717) is 11.3 Å². The van der Waals surface area contributed by atoms with E-state index in [-0.39, 0.29) is 56.9 Å². The summed E-state index contributed by atoms with van der Waals surface area (Å²) in [6, 6.07) is 7.92. The fraction of sp³-hybridized carbons (Fsp3) is 0. The van der Waals surface area contributed by atoms with Gasteiger partial charge in [0.2, 0.25) is 0 Å². The summed E-state index contributed by atoms with van der Waals surface area (Å²) in [5.74, 6) is -0.776. The Morgan fingerprint density at radius 2 is 2.00 bits per heavy atom. The Balaban J connectivity index is 0.00000112. The van der Waals surface area contributed by atoms with Gasteiger partial charge in [0.1, 0.15) is 5.82 Å². The Morgan fingerprint density at radius 1 is 1.27 bits per heavy atom. The van der Waals surface area contributed by atoms with Crippen molar-refractivity contribution in [2.75, 3.05) is 5.73 Å². The minimum absolute atomic E-state index is 0. The number of carboxylic acids is 1. The number of aromatic carboxylic acids is 1. The van der Waals surface area contributed by atoms with Gasteiger partial charge < -0.3 is 15.6 Å². The first-order valence-corrected chi connectivity index (χ1v) is 4.04. The molecule has 0 atom stereocenters. The third-order valence-corrected chi connectivity index (χ3v) is 1.95. The maximum atomic E-state index is 10.6. The number of aromatic nitrogens is 1. The van der Waals surface area contributed by atoms with Crippen molar-refractivity contribution in [1.29, 1.82) is 0 Å². The van der Waals surface area contributed by atoms with Gasteiger partial charge >= 0.3 is 51.4 Å². The SMILES string of the molecule is Nc1ccc2cc(C(=O)[O-])ccc2n1.[K+]. The molecule has 5 heteroatoms. The van der Waals surface area contributed by atoms with Crippen LogP contribution in [-0.4, -0.2) is 11.0 Å². The standard InChI is InChI=1S/C10H8N2O2.K/c11-9-4-2-6-5-7(10(13)14)1-3-8(6)12-9;/h1-5H,(H2,11,12)(H,13,14);/q;+1/p-1. The second-order valence-corrected chi connectivity index (χ2v) is 2.93. The number of carbonyl (C=O) groups is 1. The van der Waals surface area contributed by atoms with Gasteiger partial charge in [-0.3, -0.25) is 0 Å². The molecule has 1 aromatic carbocycles. The van der Waals surface area contributed by atoms with Gasteiger partial charge in [0.15, 0.2) is 0 Å². The number of nitrogen functional groups attached to an aromatic ring is 1. The van der Waals surface area contributed by atoms with Crippen LogP contribution in [0.2, 0.25) is 0 Å². The Bertz CT molecular complexity index is 514. The molecule has 0 spiro atoms. The van der Waals surface area contributed by atoms with Crippen molar-refractivity contribution in [2.45, 2.75) is 0 Å². The topological polar surface area (TPSA) is 79.0 Å². The summed E-state index contributed by atoms with van der Waals surface area (Å²) in [5, 5.41) is 11.3. The molecule has 70 valence electrons. The number of hydrogen-bond acceptors (Lipinski definition) is 4. The summed E-state index contributed by atoms with van der Waals surface area (Å²) in [4.78, 5) is 14.6. The molecule has 0 saturated carbocycles. The summed E-state index contributed by atoms with van der Waals surface area (Å²) in [7, 11) is 0. The molecule has 2 rings (SSSR count). The zero-order valence-electron chi connectivity index (χ0n) is 8.23. The van der Waals surface area contributed by atoms with Crippen LogP contribution in [0.25, 0.3) is 10.9 Å². The molecule has 0 aliphatic heterocycles. The van der Waals surface area contributed by atoms with Crippen LogP contribution in [0.5, 0.6) is 0 Å². The predicted molar refractivity (Wildman–Crippen MR) is 50.5 cm³/mol. The van der Waals surface area contributed by atoms with E-state index in [2.05, 4.69) is 4.98 Å². The van der Waals surface area contributed by atoms with E-state index >= 15 is 0 Å². The molecule has 0 aliphatic carbocycles. The zero-order chi connectivity index (χ0) is 10.1. The number of fused-ring (bicyclic) bond motifs is 1. The molecule has 2 N–H and O–H groups in total. The van der Waals surface area contributed by atoms with Gasteiger partial charge in [-0.1, -0.05) is 6.07 Å². The van der Waals surface area contributed by atoms with Gasteiger partial charge in [0.25, 0.3) is 0 Å². The van der Waals surface area contributed by atoms with Gasteiger partial charge in [-0.25, -0.2) is 4.98 Å². The first-order valence-electron chi connectivity index (χ1n) is 4.04. The van der Waals surface area contributed by atoms with Crippen LogP contribution in [0.15, 0.2) is 30.3 Å². The molecule has 15 heavy (non-hydrogen) atoms. The zero-order valence-corrected chi connectivity index (χ0v) is 11.4. The molecule has 4 nitrogen and oxygen atoms in total. The van der Waals surface area contributed by atoms with E-state index in [1.165, 1.54) is 12.1 Å². The maximum Gasteiger partial charge on any atom is 1.00 e. The number of nitrogens with two attached hydrogens (primary N) is 1. The average molecular weight is 226 g/mol.